The summed E-state index contributed by atoms with van der Waals surface area (Å²) in [5, 5.41) is 1.22. The summed E-state index contributed by atoms with van der Waals surface area (Å²) in [6.07, 6.45) is 3.03. The van der Waals surface area contributed by atoms with E-state index in [4.69, 9.17) is 28.2 Å². The highest BCUT2D eigenvalue weighted by Crippen LogP contribution is 2.35. The predicted octanol–water partition coefficient (Wildman–Crippen LogP) is 3.38. The first-order valence-corrected chi connectivity index (χ1v) is 12.6. The van der Waals surface area contributed by atoms with Crippen molar-refractivity contribution in [2.45, 2.75) is 18.9 Å². The van der Waals surface area contributed by atoms with Crippen molar-refractivity contribution in [1.82, 2.24) is 29.8 Å². The van der Waals surface area contributed by atoms with Crippen molar-refractivity contribution >= 4 is 51.1 Å². The number of fused-ring (bicyclic) bond motifs is 1. The highest BCUT2D eigenvalue weighted by Gasteiger charge is 2.25. The third-order valence-electron chi connectivity index (χ3n) is 5.78. The second-order valence-corrected chi connectivity index (χ2v) is 9.45. The third-order valence-corrected chi connectivity index (χ3v) is 6.67. The predicted molar refractivity (Wildman–Crippen MR) is 134 cm³/mol. The molecule has 1 fully saturated rings. The van der Waals surface area contributed by atoms with Gasteiger partial charge >= 0.3 is 0 Å². The van der Waals surface area contributed by atoms with Gasteiger partial charge in [0.25, 0.3) is 0 Å². The molecule has 0 unspecified atom stereocenters. The van der Waals surface area contributed by atoms with Crippen LogP contribution in [0, 0.1) is 0 Å². The fourth-order valence-electron chi connectivity index (χ4n) is 4.15. The molecule has 0 bridgehead atoms. The largest absolute Gasteiger partial charge is 0.355 e. The van der Waals surface area contributed by atoms with Gasteiger partial charge in [0.1, 0.15) is 12.2 Å². The van der Waals surface area contributed by atoms with Crippen LogP contribution in [0.2, 0.25) is 10.0 Å². The molecule has 1 aliphatic rings. The van der Waals surface area contributed by atoms with E-state index in [-0.39, 0.29) is 6.04 Å². The van der Waals surface area contributed by atoms with Gasteiger partial charge in [-0.15, -0.1) is 0 Å². The molecule has 9 nitrogen and oxygen atoms in total. The van der Waals surface area contributed by atoms with Crippen molar-refractivity contribution < 1.29 is 8.42 Å². The molecule has 34 heavy (non-hydrogen) atoms. The van der Waals surface area contributed by atoms with Crippen molar-refractivity contribution in [2.75, 3.05) is 18.0 Å². The van der Waals surface area contributed by atoms with Crippen LogP contribution in [0.5, 0.6) is 0 Å². The number of rotatable bonds is 6. The molecule has 1 aliphatic heterocycles. The Bertz CT molecular complexity index is 1390. The van der Waals surface area contributed by atoms with Gasteiger partial charge in [0, 0.05) is 35.4 Å². The minimum atomic E-state index is -2.68. The van der Waals surface area contributed by atoms with Crippen molar-refractivity contribution in [3.63, 3.8) is 0 Å². The average Bonchev–Trinajstić information content (AvgIpc) is 3.23. The fraction of sp³-hybridized carbons (Fsp3) is 0.227. The van der Waals surface area contributed by atoms with Gasteiger partial charge in [-0.25, -0.2) is 28.8 Å². The lowest BCUT2D eigenvalue weighted by Gasteiger charge is -2.32. The van der Waals surface area contributed by atoms with Crippen LogP contribution in [0.4, 0.5) is 5.82 Å². The Morgan fingerprint density at radius 2 is 1.71 bits per heavy atom. The lowest BCUT2D eigenvalue weighted by atomic mass is 10.1. The number of nitrogens with one attached hydrogen (secondary N) is 2. The molecule has 1 saturated heterocycles. The molecule has 0 atom stereocenters. The highest BCUT2D eigenvalue weighted by molar-refractivity contribution is 7.70. The summed E-state index contributed by atoms with van der Waals surface area (Å²) in [7, 11) is -2.68. The Morgan fingerprint density at radius 1 is 0.971 bits per heavy atom. The molecule has 2 aromatic carbocycles. The number of benzene rings is 2. The summed E-state index contributed by atoms with van der Waals surface area (Å²) in [5.41, 5.74) is 5.81. The van der Waals surface area contributed by atoms with Crippen LogP contribution < -0.4 is 15.2 Å². The summed E-state index contributed by atoms with van der Waals surface area (Å²) in [5.74, 6) is 1.39. The standard InChI is InChI=1S/C22H21Cl2N7O2S/c23-14-5-7-16(8-6-14)31-20(17-3-1-2-4-18(17)24)27-19-21(25-13-26-22(19)31)30-11-9-15(10-12-30)28-29-34(32)33/h1-8,13,15,28,34H,9-12H2,(H,29,32,33). The molecule has 0 spiro atoms. The molecule has 176 valence electrons. The van der Waals surface area contributed by atoms with Crippen molar-refractivity contribution in [2.24, 2.45) is 0 Å². The van der Waals surface area contributed by atoms with Gasteiger partial charge in [0.05, 0.1) is 5.02 Å². The maximum atomic E-state index is 10.8. The maximum absolute atomic E-state index is 10.8. The molecule has 0 aliphatic carbocycles. The SMILES string of the molecule is O=[SH](=O)NNC1CCN(c2ncnc3c2nc(-c2ccccc2Cl)n3-c2ccc(Cl)cc2)CC1. The van der Waals surface area contributed by atoms with E-state index in [9.17, 15) is 8.42 Å². The van der Waals surface area contributed by atoms with Crippen molar-refractivity contribution in [3.05, 3.63) is 64.9 Å². The van der Waals surface area contributed by atoms with E-state index in [1.165, 1.54) is 6.33 Å². The molecule has 4 aromatic rings. The Labute approximate surface area is 207 Å². The van der Waals surface area contributed by atoms with E-state index in [2.05, 4.69) is 25.1 Å². The molecule has 2 N–H and O–H groups in total. The number of nitrogens with zero attached hydrogens (tertiary/aromatic N) is 5. The van der Waals surface area contributed by atoms with Crippen LogP contribution in [0.1, 0.15) is 12.8 Å². The first-order chi connectivity index (χ1) is 16.5. The van der Waals surface area contributed by atoms with Crippen LogP contribution in [0.3, 0.4) is 0 Å². The number of hydrazine groups is 1. The van der Waals surface area contributed by atoms with Crippen LogP contribution in [-0.2, 0) is 10.9 Å². The Balaban J connectivity index is 1.58. The summed E-state index contributed by atoms with van der Waals surface area (Å²) in [6.45, 7) is 1.38. The van der Waals surface area contributed by atoms with E-state index >= 15 is 0 Å². The van der Waals surface area contributed by atoms with E-state index in [1.54, 1.807) is 0 Å². The van der Waals surface area contributed by atoms with Crippen LogP contribution in [-0.4, -0.2) is 47.1 Å². The summed E-state index contributed by atoms with van der Waals surface area (Å²) < 4.78 is 23.5. The number of anilines is 1. The van der Waals surface area contributed by atoms with Gasteiger partial charge in [0.15, 0.2) is 17.0 Å². The van der Waals surface area contributed by atoms with Crippen molar-refractivity contribution in [3.8, 4) is 17.1 Å². The topological polar surface area (TPSA) is 105 Å². The number of piperidine rings is 1. The number of halogens is 2. The summed E-state index contributed by atoms with van der Waals surface area (Å²) in [4.78, 5) is 18.5. The molecule has 0 saturated carbocycles. The Hall–Kier alpha value is -2.76. The Morgan fingerprint density at radius 3 is 2.41 bits per heavy atom. The zero-order valence-corrected chi connectivity index (χ0v) is 20.3. The molecule has 5 rings (SSSR count). The highest BCUT2D eigenvalue weighted by atomic mass is 35.5. The quantitative estimate of drug-likeness (QED) is 0.266. The third kappa shape index (κ3) is 4.59. The van der Waals surface area contributed by atoms with Gasteiger partial charge in [-0.2, -0.15) is 4.83 Å². The van der Waals surface area contributed by atoms with Gasteiger partial charge in [-0.3, -0.25) is 4.57 Å². The smallest absolute Gasteiger partial charge is 0.214 e. The molecule has 3 heterocycles. The summed E-state index contributed by atoms with van der Waals surface area (Å²) >= 11 is 12.7. The lowest BCUT2D eigenvalue weighted by Crippen LogP contribution is -2.47. The Kier molecular flexibility index (Phi) is 6.66. The molecule has 12 heteroatoms. The number of hydrogen-bond donors (Lipinski definition) is 3. The van der Waals surface area contributed by atoms with E-state index in [0.717, 1.165) is 29.9 Å². The normalized spacial score (nSPS) is 14.9. The minimum absolute atomic E-state index is 0.0480. The molecular formula is C22H21Cl2N7O2S. The van der Waals surface area contributed by atoms with Crippen LogP contribution in [0.25, 0.3) is 28.2 Å². The van der Waals surface area contributed by atoms with Gasteiger partial charge in [-0.1, -0.05) is 35.3 Å². The second kappa shape index (κ2) is 9.85. The lowest BCUT2D eigenvalue weighted by molar-refractivity contribution is 0.401. The van der Waals surface area contributed by atoms with E-state index < -0.39 is 10.9 Å². The van der Waals surface area contributed by atoms with Gasteiger partial charge < -0.3 is 4.90 Å². The van der Waals surface area contributed by atoms with Gasteiger partial charge in [-0.05, 0) is 49.2 Å². The number of imidazole rings is 1. The first kappa shape index (κ1) is 23.0. The minimum Gasteiger partial charge on any atom is -0.355 e. The monoisotopic (exact) mass is 517 g/mol. The fourth-order valence-corrected chi connectivity index (χ4v) is 4.78. The average molecular weight is 518 g/mol. The van der Waals surface area contributed by atoms with Crippen LogP contribution >= 0.6 is 23.2 Å². The zero-order chi connectivity index (χ0) is 23.7. The molecule has 2 aromatic heterocycles. The molecule has 0 amide bonds. The van der Waals surface area contributed by atoms with Crippen LogP contribution in [0.15, 0.2) is 54.9 Å². The molecule has 0 radical (unpaired) electrons. The molecular weight excluding hydrogens is 497 g/mol. The second-order valence-electron chi connectivity index (χ2n) is 7.87. The number of aromatic nitrogens is 4. The van der Waals surface area contributed by atoms with E-state index in [1.807, 2.05) is 53.1 Å². The van der Waals surface area contributed by atoms with E-state index in [0.29, 0.717) is 40.1 Å². The van der Waals surface area contributed by atoms with Gasteiger partial charge in [0.2, 0.25) is 10.9 Å². The number of hydrogen-bond acceptors (Lipinski definition) is 7. The summed E-state index contributed by atoms with van der Waals surface area (Å²) in [6, 6.07) is 15.1. The van der Waals surface area contributed by atoms with Crippen molar-refractivity contribution in [1.29, 1.82) is 0 Å². The maximum Gasteiger partial charge on any atom is 0.214 e. The number of thiol groups is 1. The zero-order valence-electron chi connectivity index (χ0n) is 17.9. The first-order valence-electron chi connectivity index (χ1n) is 10.7.